The van der Waals surface area contributed by atoms with Gasteiger partial charge in [-0.1, -0.05) is 6.92 Å². The molecule has 1 atom stereocenters. The van der Waals surface area contributed by atoms with E-state index >= 15 is 0 Å². The summed E-state index contributed by atoms with van der Waals surface area (Å²) in [5.41, 5.74) is 0.318. The van der Waals surface area contributed by atoms with Crippen molar-refractivity contribution < 1.29 is 24.6 Å². The van der Waals surface area contributed by atoms with Gasteiger partial charge in [-0.2, -0.15) is 0 Å². The molecular formula is C12H16N2O5. The lowest BCUT2D eigenvalue weighted by molar-refractivity contribution is -0.145. The molecule has 1 amide bonds. The van der Waals surface area contributed by atoms with Crippen LogP contribution in [0.1, 0.15) is 30.3 Å². The molecule has 0 fully saturated rings. The van der Waals surface area contributed by atoms with Crippen molar-refractivity contribution in [3.63, 3.8) is 0 Å². The Hall–Kier alpha value is -2.31. The number of carboxylic acid groups (broad SMARTS) is 2. The van der Waals surface area contributed by atoms with Crippen molar-refractivity contribution in [3.05, 3.63) is 24.0 Å². The second kappa shape index (κ2) is 6.58. The zero-order valence-corrected chi connectivity index (χ0v) is 10.5. The van der Waals surface area contributed by atoms with Crippen LogP contribution in [0.4, 0.5) is 0 Å². The Labute approximate surface area is 109 Å². The SMILES string of the molecule is CCCn1cccc1C(=O)N[C@H](CC(=O)O)C(=O)O. The van der Waals surface area contributed by atoms with Gasteiger partial charge in [-0.15, -0.1) is 0 Å². The zero-order chi connectivity index (χ0) is 14.4. The number of carbonyl (C=O) groups excluding carboxylic acids is 1. The fourth-order valence-electron chi connectivity index (χ4n) is 1.66. The maximum Gasteiger partial charge on any atom is 0.326 e. The second-order valence-corrected chi connectivity index (χ2v) is 4.05. The van der Waals surface area contributed by atoms with Gasteiger partial charge in [0.1, 0.15) is 11.7 Å². The van der Waals surface area contributed by atoms with Crippen LogP contribution in [0.3, 0.4) is 0 Å². The van der Waals surface area contributed by atoms with Gasteiger partial charge in [0.2, 0.25) is 0 Å². The smallest absolute Gasteiger partial charge is 0.326 e. The van der Waals surface area contributed by atoms with E-state index < -0.39 is 30.3 Å². The van der Waals surface area contributed by atoms with E-state index in [-0.39, 0.29) is 0 Å². The fourth-order valence-corrected chi connectivity index (χ4v) is 1.66. The van der Waals surface area contributed by atoms with Gasteiger partial charge in [-0.25, -0.2) is 4.79 Å². The van der Waals surface area contributed by atoms with Crippen molar-refractivity contribution in [3.8, 4) is 0 Å². The summed E-state index contributed by atoms with van der Waals surface area (Å²) in [6.07, 6.45) is 1.88. The van der Waals surface area contributed by atoms with Gasteiger partial charge < -0.3 is 20.1 Å². The number of aromatic nitrogens is 1. The fraction of sp³-hybridized carbons (Fsp3) is 0.417. The molecule has 104 valence electrons. The molecule has 0 unspecified atom stereocenters. The van der Waals surface area contributed by atoms with Crippen molar-refractivity contribution in [2.45, 2.75) is 32.4 Å². The van der Waals surface area contributed by atoms with Crippen LogP contribution in [-0.2, 0) is 16.1 Å². The quantitative estimate of drug-likeness (QED) is 0.669. The summed E-state index contributed by atoms with van der Waals surface area (Å²) in [5, 5.41) is 19.7. The maximum atomic E-state index is 11.9. The van der Waals surface area contributed by atoms with Crippen LogP contribution in [0, 0.1) is 0 Å². The molecule has 0 aliphatic heterocycles. The number of carboxylic acids is 2. The highest BCUT2D eigenvalue weighted by Crippen LogP contribution is 2.05. The largest absolute Gasteiger partial charge is 0.481 e. The minimum absolute atomic E-state index is 0.318. The topological polar surface area (TPSA) is 109 Å². The van der Waals surface area contributed by atoms with Gasteiger partial charge in [-0.3, -0.25) is 9.59 Å². The van der Waals surface area contributed by atoms with E-state index in [2.05, 4.69) is 5.32 Å². The number of hydrogen-bond acceptors (Lipinski definition) is 3. The number of nitrogens with zero attached hydrogens (tertiary/aromatic N) is 1. The number of amides is 1. The van der Waals surface area contributed by atoms with Crippen molar-refractivity contribution in [1.82, 2.24) is 9.88 Å². The Bertz CT molecular complexity index is 480. The Morgan fingerprint density at radius 3 is 2.58 bits per heavy atom. The second-order valence-electron chi connectivity index (χ2n) is 4.05. The van der Waals surface area contributed by atoms with E-state index in [1.807, 2.05) is 6.92 Å². The molecule has 1 aromatic heterocycles. The number of carbonyl (C=O) groups is 3. The highest BCUT2D eigenvalue weighted by atomic mass is 16.4. The third-order valence-electron chi connectivity index (χ3n) is 2.51. The highest BCUT2D eigenvalue weighted by Gasteiger charge is 2.24. The molecule has 7 heteroatoms. The molecule has 3 N–H and O–H groups in total. The predicted molar refractivity (Wildman–Crippen MR) is 65.9 cm³/mol. The van der Waals surface area contributed by atoms with Gasteiger partial charge in [0.25, 0.3) is 5.91 Å². The van der Waals surface area contributed by atoms with Crippen LogP contribution >= 0.6 is 0 Å². The predicted octanol–water partition coefficient (Wildman–Crippen LogP) is 0.556. The number of hydrogen-bond donors (Lipinski definition) is 3. The lowest BCUT2D eigenvalue weighted by Crippen LogP contribution is -2.42. The van der Waals surface area contributed by atoms with Crippen LogP contribution in [0.25, 0.3) is 0 Å². The summed E-state index contributed by atoms with van der Waals surface area (Å²) in [6, 6.07) is 1.80. The van der Waals surface area contributed by atoms with Crippen molar-refractivity contribution in [1.29, 1.82) is 0 Å². The van der Waals surface area contributed by atoms with E-state index in [0.717, 1.165) is 6.42 Å². The molecule has 1 aromatic rings. The van der Waals surface area contributed by atoms with Gasteiger partial charge >= 0.3 is 11.9 Å². The summed E-state index contributed by atoms with van der Waals surface area (Å²) >= 11 is 0. The molecule has 7 nitrogen and oxygen atoms in total. The first-order chi connectivity index (χ1) is 8.95. The molecule has 1 rings (SSSR count). The number of rotatable bonds is 7. The van der Waals surface area contributed by atoms with Gasteiger partial charge in [0.15, 0.2) is 0 Å². The monoisotopic (exact) mass is 268 g/mol. The Kier molecular flexibility index (Phi) is 5.11. The summed E-state index contributed by atoms with van der Waals surface area (Å²) in [7, 11) is 0. The minimum atomic E-state index is -1.44. The lowest BCUT2D eigenvalue weighted by atomic mass is 10.2. The first-order valence-corrected chi connectivity index (χ1v) is 5.86. The maximum absolute atomic E-state index is 11.9. The molecule has 19 heavy (non-hydrogen) atoms. The van der Waals surface area contributed by atoms with E-state index in [0.29, 0.717) is 12.2 Å². The molecule has 1 heterocycles. The lowest BCUT2D eigenvalue weighted by Gasteiger charge is -2.13. The third kappa shape index (κ3) is 4.13. The number of aliphatic carboxylic acids is 2. The van der Waals surface area contributed by atoms with Gasteiger partial charge in [-0.05, 0) is 18.6 Å². The Balaban J connectivity index is 2.78. The van der Waals surface area contributed by atoms with Gasteiger partial charge in [0, 0.05) is 12.7 Å². The average molecular weight is 268 g/mol. The first-order valence-electron chi connectivity index (χ1n) is 5.86. The summed E-state index contributed by atoms with van der Waals surface area (Å²) in [6.45, 7) is 2.58. The standard InChI is InChI=1S/C12H16N2O5/c1-2-5-14-6-3-4-9(14)11(17)13-8(12(18)19)7-10(15)16/h3-4,6,8H,2,5,7H2,1H3,(H,13,17)(H,15,16)(H,18,19)/t8-/m1/s1. The molecule has 0 radical (unpaired) electrons. The van der Waals surface area contributed by atoms with Crippen LogP contribution < -0.4 is 5.32 Å². The minimum Gasteiger partial charge on any atom is -0.481 e. The normalized spacial score (nSPS) is 11.8. The van der Waals surface area contributed by atoms with E-state index in [4.69, 9.17) is 10.2 Å². The van der Waals surface area contributed by atoms with Crippen LogP contribution in [0.15, 0.2) is 18.3 Å². The molecule has 0 aliphatic carbocycles. The van der Waals surface area contributed by atoms with Crippen molar-refractivity contribution in [2.75, 3.05) is 0 Å². The molecule has 0 aromatic carbocycles. The highest BCUT2D eigenvalue weighted by molar-refractivity contribution is 5.96. The average Bonchev–Trinajstić information content (AvgIpc) is 2.76. The van der Waals surface area contributed by atoms with Crippen molar-refractivity contribution in [2.24, 2.45) is 0 Å². The van der Waals surface area contributed by atoms with E-state index in [1.165, 1.54) is 0 Å². The van der Waals surface area contributed by atoms with Crippen LogP contribution in [0.5, 0.6) is 0 Å². The first kappa shape index (κ1) is 14.7. The zero-order valence-electron chi connectivity index (χ0n) is 10.5. The molecule has 0 spiro atoms. The Morgan fingerprint density at radius 1 is 1.37 bits per heavy atom. The summed E-state index contributed by atoms with van der Waals surface area (Å²) < 4.78 is 1.69. The van der Waals surface area contributed by atoms with Crippen LogP contribution in [0.2, 0.25) is 0 Å². The van der Waals surface area contributed by atoms with E-state index in [1.54, 1.807) is 22.9 Å². The summed E-state index contributed by atoms with van der Waals surface area (Å²) in [4.78, 5) is 33.3. The summed E-state index contributed by atoms with van der Waals surface area (Å²) in [5.74, 6) is -3.24. The third-order valence-corrected chi connectivity index (χ3v) is 2.51. The Morgan fingerprint density at radius 2 is 2.05 bits per heavy atom. The van der Waals surface area contributed by atoms with Crippen molar-refractivity contribution >= 4 is 17.8 Å². The molecular weight excluding hydrogens is 252 g/mol. The molecule has 0 aliphatic rings. The number of aryl methyl sites for hydroxylation is 1. The number of nitrogens with one attached hydrogen (secondary N) is 1. The van der Waals surface area contributed by atoms with Crippen LogP contribution in [-0.4, -0.2) is 38.7 Å². The molecule has 0 saturated heterocycles. The van der Waals surface area contributed by atoms with Gasteiger partial charge in [0.05, 0.1) is 6.42 Å². The van der Waals surface area contributed by atoms with E-state index in [9.17, 15) is 14.4 Å². The molecule has 0 bridgehead atoms. The molecule has 0 saturated carbocycles.